The number of rotatable bonds is 0. The van der Waals surface area contributed by atoms with E-state index in [0.717, 1.165) is 5.02 Å². The maximum absolute atomic E-state index is 6.12. The van der Waals surface area contributed by atoms with Gasteiger partial charge in [0.1, 0.15) is 0 Å². The Morgan fingerprint density at radius 3 is 2.61 bits per heavy atom. The second-order valence-corrected chi connectivity index (χ2v) is 6.59. The number of nitrogens with one attached hydrogen (secondary N) is 1. The highest BCUT2D eigenvalue weighted by Crippen LogP contribution is 2.45. The lowest BCUT2D eigenvalue weighted by Gasteiger charge is -2.42. The molecule has 1 heterocycles. The van der Waals surface area contributed by atoms with Gasteiger partial charge in [-0.25, -0.2) is 0 Å². The number of benzene rings is 1. The summed E-state index contributed by atoms with van der Waals surface area (Å²) >= 11 is 6.12. The van der Waals surface area contributed by atoms with E-state index in [1.807, 2.05) is 6.07 Å². The van der Waals surface area contributed by atoms with E-state index >= 15 is 0 Å². The molecule has 0 bridgehead atoms. The van der Waals surface area contributed by atoms with Crippen LogP contribution in [0.1, 0.15) is 63.4 Å². The van der Waals surface area contributed by atoms with Gasteiger partial charge in [-0.2, -0.15) is 0 Å². The van der Waals surface area contributed by atoms with Crippen LogP contribution in [0.5, 0.6) is 0 Å². The molecule has 1 unspecified atom stereocenters. The molecule has 1 aliphatic heterocycles. The van der Waals surface area contributed by atoms with Crippen molar-refractivity contribution >= 4 is 17.3 Å². The number of hydrogen-bond donors (Lipinski definition) is 1. The molecule has 2 heteroatoms. The van der Waals surface area contributed by atoms with Gasteiger partial charge in [0, 0.05) is 16.2 Å². The predicted molar refractivity (Wildman–Crippen MR) is 78.5 cm³/mol. The molecule has 1 spiro atoms. The third-order valence-corrected chi connectivity index (χ3v) is 4.94. The van der Waals surface area contributed by atoms with Gasteiger partial charge in [0.25, 0.3) is 0 Å². The fourth-order valence-corrected chi connectivity index (χ4v) is 4.00. The summed E-state index contributed by atoms with van der Waals surface area (Å²) in [6.07, 6.45) is 9.50. The second kappa shape index (κ2) is 4.77. The Hall–Kier alpha value is -0.690. The Morgan fingerprint density at radius 2 is 1.89 bits per heavy atom. The van der Waals surface area contributed by atoms with E-state index in [4.69, 9.17) is 11.6 Å². The van der Waals surface area contributed by atoms with Crippen LogP contribution >= 0.6 is 11.6 Å². The van der Waals surface area contributed by atoms with Gasteiger partial charge in [0.2, 0.25) is 0 Å². The summed E-state index contributed by atoms with van der Waals surface area (Å²) in [5, 5.41) is 4.71. The van der Waals surface area contributed by atoms with E-state index in [9.17, 15) is 0 Å². The lowest BCUT2D eigenvalue weighted by molar-refractivity contribution is 0.344. The molecule has 1 nitrogen and oxygen atoms in total. The van der Waals surface area contributed by atoms with Crippen molar-refractivity contribution in [3.8, 4) is 0 Å². The second-order valence-electron chi connectivity index (χ2n) is 6.16. The van der Waals surface area contributed by atoms with Gasteiger partial charge in [-0.1, -0.05) is 44.2 Å². The molecule has 98 valence electrons. The van der Waals surface area contributed by atoms with Gasteiger partial charge in [-0.15, -0.1) is 0 Å². The molecular weight excluding hydrogens is 242 g/mol. The van der Waals surface area contributed by atoms with Crippen LogP contribution in [0, 0.1) is 0 Å². The molecule has 3 rings (SSSR count). The molecule has 1 fully saturated rings. The first kappa shape index (κ1) is 12.3. The largest absolute Gasteiger partial charge is 0.379 e. The minimum Gasteiger partial charge on any atom is -0.379 e. The average Bonchev–Trinajstić information content (AvgIpc) is 2.56. The molecule has 1 N–H and O–H groups in total. The third kappa shape index (κ3) is 2.25. The van der Waals surface area contributed by atoms with Crippen LogP contribution in [-0.2, 0) is 0 Å². The molecule has 1 aliphatic carbocycles. The maximum Gasteiger partial charge on any atom is 0.0410 e. The Kier molecular flexibility index (Phi) is 3.27. The Morgan fingerprint density at radius 1 is 1.17 bits per heavy atom. The molecule has 1 saturated carbocycles. The molecule has 1 aromatic carbocycles. The lowest BCUT2D eigenvalue weighted by atomic mass is 9.76. The maximum atomic E-state index is 6.12. The highest BCUT2D eigenvalue weighted by atomic mass is 35.5. The summed E-state index contributed by atoms with van der Waals surface area (Å²) in [7, 11) is 0. The molecule has 1 aromatic rings. The standard InChI is InChI=1S/C16H22ClN/c1-12-11-16(8-4-2-3-5-9-16)18-15-7-6-13(17)10-14(12)15/h6-7,10,12,18H,2-5,8-9,11H2,1H3. The van der Waals surface area contributed by atoms with Crippen LogP contribution < -0.4 is 5.32 Å². The molecule has 18 heavy (non-hydrogen) atoms. The van der Waals surface area contributed by atoms with Gasteiger partial charge in [0.15, 0.2) is 0 Å². The number of halogens is 1. The molecule has 0 radical (unpaired) electrons. The minimum absolute atomic E-state index is 0.358. The van der Waals surface area contributed by atoms with Crippen LogP contribution in [0.3, 0.4) is 0 Å². The van der Waals surface area contributed by atoms with Crippen molar-refractivity contribution in [1.29, 1.82) is 0 Å². The fraction of sp³-hybridized carbons (Fsp3) is 0.625. The highest BCUT2D eigenvalue weighted by Gasteiger charge is 2.37. The van der Waals surface area contributed by atoms with E-state index in [2.05, 4.69) is 24.4 Å². The Labute approximate surface area is 115 Å². The summed E-state index contributed by atoms with van der Waals surface area (Å²) in [6.45, 7) is 2.35. The number of anilines is 1. The van der Waals surface area contributed by atoms with Crippen molar-refractivity contribution in [2.24, 2.45) is 0 Å². The zero-order valence-electron chi connectivity index (χ0n) is 11.1. The van der Waals surface area contributed by atoms with Crippen molar-refractivity contribution in [3.05, 3.63) is 28.8 Å². The van der Waals surface area contributed by atoms with Crippen molar-refractivity contribution in [1.82, 2.24) is 0 Å². The van der Waals surface area contributed by atoms with E-state index < -0.39 is 0 Å². The summed E-state index contributed by atoms with van der Waals surface area (Å²) < 4.78 is 0. The summed E-state index contributed by atoms with van der Waals surface area (Å²) in [5.41, 5.74) is 3.08. The van der Waals surface area contributed by atoms with Crippen molar-refractivity contribution < 1.29 is 0 Å². The van der Waals surface area contributed by atoms with Gasteiger partial charge in [0.05, 0.1) is 0 Å². The van der Waals surface area contributed by atoms with Gasteiger partial charge in [-0.05, 0) is 48.9 Å². The minimum atomic E-state index is 0.358. The van der Waals surface area contributed by atoms with Gasteiger partial charge in [-0.3, -0.25) is 0 Å². The van der Waals surface area contributed by atoms with E-state index in [0.29, 0.717) is 11.5 Å². The van der Waals surface area contributed by atoms with Crippen LogP contribution in [0.25, 0.3) is 0 Å². The van der Waals surface area contributed by atoms with E-state index in [-0.39, 0.29) is 0 Å². The van der Waals surface area contributed by atoms with Crippen LogP contribution in [0.15, 0.2) is 18.2 Å². The summed E-state index contributed by atoms with van der Waals surface area (Å²) in [6, 6.07) is 6.31. The Bertz CT molecular complexity index is 433. The molecular formula is C16H22ClN. The highest BCUT2D eigenvalue weighted by molar-refractivity contribution is 6.30. The molecule has 2 aliphatic rings. The van der Waals surface area contributed by atoms with Gasteiger partial charge >= 0.3 is 0 Å². The monoisotopic (exact) mass is 263 g/mol. The molecule has 1 atom stereocenters. The van der Waals surface area contributed by atoms with E-state index in [1.54, 1.807) is 0 Å². The number of hydrogen-bond acceptors (Lipinski definition) is 1. The quantitative estimate of drug-likeness (QED) is 0.665. The Balaban J connectivity index is 1.92. The smallest absolute Gasteiger partial charge is 0.0410 e. The lowest BCUT2D eigenvalue weighted by Crippen LogP contribution is -2.42. The first-order valence-electron chi connectivity index (χ1n) is 7.26. The first-order valence-corrected chi connectivity index (χ1v) is 7.64. The summed E-state index contributed by atoms with van der Waals surface area (Å²) in [4.78, 5) is 0. The molecule has 0 aromatic heterocycles. The van der Waals surface area contributed by atoms with Gasteiger partial charge < -0.3 is 5.32 Å². The number of fused-ring (bicyclic) bond motifs is 1. The van der Waals surface area contributed by atoms with Crippen molar-refractivity contribution in [2.75, 3.05) is 5.32 Å². The van der Waals surface area contributed by atoms with Crippen LogP contribution in [-0.4, -0.2) is 5.54 Å². The normalized spacial score (nSPS) is 26.2. The SMILES string of the molecule is CC1CC2(CCCCCC2)Nc2ccc(Cl)cc21. The van der Waals surface area contributed by atoms with E-state index in [1.165, 1.54) is 56.2 Å². The first-order chi connectivity index (χ1) is 8.69. The zero-order chi connectivity index (χ0) is 12.6. The fourth-order valence-electron chi connectivity index (χ4n) is 3.82. The van der Waals surface area contributed by atoms with Crippen LogP contribution in [0.2, 0.25) is 5.02 Å². The van der Waals surface area contributed by atoms with Crippen molar-refractivity contribution in [2.45, 2.75) is 63.3 Å². The third-order valence-electron chi connectivity index (χ3n) is 4.70. The topological polar surface area (TPSA) is 12.0 Å². The van der Waals surface area contributed by atoms with Crippen molar-refractivity contribution in [3.63, 3.8) is 0 Å². The van der Waals surface area contributed by atoms with Crippen LogP contribution in [0.4, 0.5) is 5.69 Å². The summed E-state index contributed by atoms with van der Waals surface area (Å²) in [5.74, 6) is 0.623. The molecule has 0 amide bonds. The molecule has 0 saturated heterocycles. The predicted octanol–water partition coefficient (Wildman–Crippen LogP) is 5.35. The zero-order valence-corrected chi connectivity index (χ0v) is 11.9. The average molecular weight is 264 g/mol.